The van der Waals surface area contributed by atoms with E-state index in [0.29, 0.717) is 19.6 Å². The lowest BCUT2D eigenvalue weighted by molar-refractivity contribution is -0.128. The van der Waals surface area contributed by atoms with Crippen molar-refractivity contribution in [1.82, 2.24) is 15.1 Å². The van der Waals surface area contributed by atoms with E-state index in [9.17, 15) is 10.1 Å². The summed E-state index contributed by atoms with van der Waals surface area (Å²) in [4.78, 5) is 16.2. The van der Waals surface area contributed by atoms with Gasteiger partial charge in [0, 0.05) is 38.9 Å². The van der Waals surface area contributed by atoms with Crippen LogP contribution in [0.1, 0.15) is 11.1 Å². The van der Waals surface area contributed by atoms with Crippen LogP contribution in [0.15, 0.2) is 36.0 Å². The second kappa shape index (κ2) is 8.32. The number of nitrogens with one attached hydrogen (secondary N) is 1. The Balaban J connectivity index is 1.90. The van der Waals surface area contributed by atoms with E-state index in [1.165, 1.54) is 6.20 Å². The van der Waals surface area contributed by atoms with Gasteiger partial charge in [-0.25, -0.2) is 0 Å². The molecule has 0 atom stereocenters. The Morgan fingerprint density at radius 3 is 2.43 bits per heavy atom. The summed E-state index contributed by atoms with van der Waals surface area (Å²) in [6, 6.07) is 9.48. The summed E-state index contributed by atoms with van der Waals surface area (Å²) in [6.45, 7) is 3.50. The van der Waals surface area contributed by atoms with Crippen LogP contribution in [0, 0.1) is 11.3 Å². The number of rotatable bonds is 5. The summed E-state index contributed by atoms with van der Waals surface area (Å²) in [5.41, 5.74) is 2.00. The number of aliphatic hydroxyl groups is 1. The maximum atomic E-state index is 12.3. The number of benzene rings is 1. The van der Waals surface area contributed by atoms with E-state index in [1.54, 1.807) is 4.90 Å². The summed E-state index contributed by atoms with van der Waals surface area (Å²) in [7, 11) is 2.02. The van der Waals surface area contributed by atoms with Crippen LogP contribution in [0.2, 0.25) is 0 Å². The van der Waals surface area contributed by atoms with Crippen molar-refractivity contribution in [1.29, 1.82) is 5.26 Å². The Bertz CT molecular complexity index is 596. The van der Waals surface area contributed by atoms with Crippen molar-refractivity contribution < 1.29 is 9.90 Å². The second-order valence-electron chi connectivity index (χ2n) is 5.62. The van der Waals surface area contributed by atoms with Crippen LogP contribution in [0.25, 0.3) is 0 Å². The lowest BCUT2D eigenvalue weighted by Crippen LogP contribution is -2.47. The van der Waals surface area contributed by atoms with Crippen LogP contribution in [0.4, 0.5) is 0 Å². The smallest absolute Gasteiger partial charge is 0.266 e. The molecule has 6 nitrogen and oxygen atoms in total. The van der Waals surface area contributed by atoms with Crippen LogP contribution in [0.3, 0.4) is 0 Å². The molecule has 2 N–H and O–H groups in total. The first-order valence-electron chi connectivity index (χ1n) is 7.64. The highest BCUT2D eigenvalue weighted by Crippen LogP contribution is 2.07. The van der Waals surface area contributed by atoms with Crippen molar-refractivity contribution >= 4 is 5.91 Å². The van der Waals surface area contributed by atoms with Crippen molar-refractivity contribution in [2.45, 2.75) is 13.2 Å². The first-order valence-corrected chi connectivity index (χ1v) is 7.64. The van der Waals surface area contributed by atoms with Gasteiger partial charge in [0.1, 0.15) is 11.6 Å². The molecule has 1 saturated heterocycles. The van der Waals surface area contributed by atoms with Crippen molar-refractivity contribution in [3.63, 3.8) is 0 Å². The third kappa shape index (κ3) is 4.81. The van der Waals surface area contributed by atoms with Gasteiger partial charge in [-0.3, -0.25) is 4.79 Å². The van der Waals surface area contributed by atoms with Crippen molar-refractivity contribution in [3.05, 3.63) is 47.2 Å². The number of nitriles is 1. The van der Waals surface area contributed by atoms with E-state index in [2.05, 4.69) is 10.2 Å². The SMILES string of the molecule is CN1CCN(C(=O)/C(C#N)=C\NCc2ccc(CO)cc2)CC1. The van der Waals surface area contributed by atoms with E-state index in [-0.39, 0.29) is 18.1 Å². The first kappa shape index (κ1) is 17.0. The number of amides is 1. The minimum atomic E-state index is -0.219. The zero-order valence-electron chi connectivity index (χ0n) is 13.3. The Hall–Kier alpha value is -2.36. The molecule has 0 spiro atoms. The topological polar surface area (TPSA) is 79.6 Å². The maximum absolute atomic E-state index is 12.3. The molecule has 122 valence electrons. The summed E-state index contributed by atoms with van der Waals surface area (Å²) in [5, 5.41) is 21.2. The number of hydrogen-bond donors (Lipinski definition) is 2. The molecule has 1 heterocycles. The lowest BCUT2D eigenvalue weighted by Gasteiger charge is -2.32. The van der Waals surface area contributed by atoms with Gasteiger partial charge in [-0.15, -0.1) is 0 Å². The van der Waals surface area contributed by atoms with Crippen LogP contribution in [-0.4, -0.2) is 54.0 Å². The molecule has 1 amide bonds. The zero-order chi connectivity index (χ0) is 16.7. The minimum absolute atomic E-state index is 0.0196. The van der Waals surface area contributed by atoms with E-state index < -0.39 is 0 Å². The molecular formula is C17H22N4O2. The molecule has 1 fully saturated rings. The van der Waals surface area contributed by atoms with Crippen LogP contribution in [-0.2, 0) is 17.9 Å². The fraction of sp³-hybridized carbons (Fsp3) is 0.412. The third-order valence-corrected chi connectivity index (χ3v) is 3.90. The number of piperazine rings is 1. The monoisotopic (exact) mass is 314 g/mol. The summed E-state index contributed by atoms with van der Waals surface area (Å²) in [5.74, 6) is -0.219. The Labute approximate surface area is 136 Å². The van der Waals surface area contributed by atoms with Gasteiger partial charge in [-0.2, -0.15) is 5.26 Å². The van der Waals surface area contributed by atoms with Crippen molar-refractivity contribution in [2.75, 3.05) is 33.2 Å². The maximum Gasteiger partial charge on any atom is 0.266 e. The molecule has 1 aromatic carbocycles. The van der Waals surface area contributed by atoms with Gasteiger partial charge in [0.25, 0.3) is 5.91 Å². The highest BCUT2D eigenvalue weighted by Gasteiger charge is 2.21. The summed E-state index contributed by atoms with van der Waals surface area (Å²) >= 11 is 0. The van der Waals surface area contributed by atoms with Gasteiger partial charge in [0.05, 0.1) is 6.61 Å². The van der Waals surface area contributed by atoms with E-state index in [0.717, 1.165) is 24.2 Å². The molecule has 23 heavy (non-hydrogen) atoms. The van der Waals surface area contributed by atoms with E-state index in [1.807, 2.05) is 37.4 Å². The molecule has 0 bridgehead atoms. The van der Waals surface area contributed by atoms with Crippen LogP contribution in [0.5, 0.6) is 0 Å². The van der Waals surface area contributed by atoms with Crippen molar-refractivity contribution in [3.8, 4) is 6.07 Å². The highest BCUT2D eigenvalue weighted by molar-refractivity contribution is 5.97. The lowest BCUT2D eigenvalue weighted by atomic mass is 10.1. The van der Waals surface area contributed by atoms with Crippen LogP contribution >= 0.6 is 0 Å². The van der Waals surface area contributed by atoms with Gasteiger partial charge in [0.2, 0.25) is 0 Å². The molecule has 0 radical (unpaired) electrons. The third-order valence-electron chi connectivity index (χ3n) is 3.90. The molecule has 0 aromatic heterocycles. The average molecular weight is 314 g/mol. The fourth-order valence-electron chi connectivity index (χ4n) is 2.36. The number of likely N-dealkylation sites (N-methyl/N-ethyl adjacent to an activating group) is 1. The number of carbonyl (C=O) groups excluding carboxylic acids is 1. The molecule has 2 rings (SSSR count). The number of carbonyl (C=O) groups is 1. The van der Waals surface area contributed by atoms with Gasteiger partial charge in [0.15, 0.2) is 0 Å². The fourth-order valence-corrected chi connectivity index (χ4v) is 2.36. The standard InChI is InChI=1S/C17H22N4O2/c1-20-6-8-21(9-7-20)17(23)16(10-18)12-19-11-14-2-4-15(13-22)5-3-14/h2-5,12,19,22H,6-9,11,13H2,1H3/b16-12-. The minimum Gasteiger partial charge on any atom is -0.392 e. The largest absolute Gasteiger partial charge is 0.392 e. The predicted octanol–water partition coefficient (Wildman–Crippen LogP) is 0.450. The molecule has 1 aliphatic heterocycles. The van der Waals surface area contributed by atoms with E-state index >= 15 is 0 Å². The number of aliphatic hydroxyl groups excluding tert-OH is 1. The van der Waals surface area contributed by atoms with Gasteiger partial charge < -0.3 is 20.2 Å². The number of nitrogens with zero attached hydrogens (tertiary/aromatic N) is 3. The average Bonchev–Trinajstić information content (AvgIpc) is 2.59. The normalized spacial score (nSPS) is 16.0. The van der Waals surface area contributed by atoms with E-state index in [4.69, 9.17) is 5.11 Å². The zero-order valence-corrected chi connectivity index (χ0v) is 13.3. The Morgan fingerprint density at radius 2 is 1.87 bits per heavy atom. The quantitative estimate of drug-likeness (QED) is 0.609. The molecule has 6 heteroatoms. The van der Waals surface area contributed by atoms with Crippen LogP contribution < -0.4 is 5.32 Å². The molecule has 1 aliphatic rings. The van der Waals surface area contributed by atoms with Crippen molar-refractivity contribution in [2.24, 2.45) is 0 Å². The molecular weight excluding hydrogens is 292 g/mol. The Morgan fingerprint density at radius 1 is 1.26 bits per heavy atom. The number of hydrogen-bond acceptors (Lipinski definition) is 5. The molecule has 0 saturated carbocycles. The summed E-state index contributed by atoms with van der Waals surface area (Å²) in [6.07, 6.45) is 1.49. The first-order chi connectivity index (χ1) is 11.1. The predicted molar refractivity (Wildman–Crippen MR) is 87.0 cm³/mol. The molecule has 0 aliphatic carbocycles. The van der Waals surface area contributed by atoms with Gasteiger partial charge in [-0.05, 0) is 18.2 Å². The molecule has 0 unspecified atom stereocenters. The highest BCUT2D eigenvalue weighted by atomic mass is 16.3. The van der Waals surface area contributed by atoms with Gasteiger partial charge in [-0.1, -0.05) is 24.3 Å². The van der Waals surface area contributed by atoms with Gasteiger partial charge >= 0.3 is 0 Å². The second-order valence-corrected chi connectivity index (χ2v) is 5.62. The molecule has 1 aromatic rings. The summed E-state index contributed by atoms with van der Waals surface area (Å²) < 4.78 is 0. The Kier molecular flexibility index (Phi) is 6.15.